The zero-order chi connectivity index (χ0) is 22.7. The van der Waals surface area contributed by atoms with Gasteiger partial charge in [0.15, 0.2) is 5.43 Å². The third kappa shape index (κ3) is 5.70. The predicted molar refractivity (Wildman–Crippen MR) is 130 cm³/mol. The van der Waals surface area contributed by atoms with Gasteiger partial charge in [0, 0.05) is 29.4 Å². The summed E-state index contributed by atoms with van der Waals surface area (Å²) in [5.74, 6) is -0.147. The molecule has 2 aromatic carbocycles. The van der Waals surface area contributed by atoms with Crippen LogP contribution in [-0.4, -0.2) is 42.0 Å². The number of carbonyl (C=O) groups excluding carboxylic acids is 1. The van der Waals surface area contributed by atoms with Crippen molar-refractivity contribution in [2.75, 3.05) is 26.2 Å². The maximum absolute atomic E-state index is 12.8. The van der Waals surface area contributed by atoms with Crippen LogP contribution in [0.3, 0.4) is 0 Å². The monoisotopic (exact) mass is 411 g/mol. The second-order valence-corrected chi connectivity index (χ2v) is 6.46. The maximum atomic E-state index is 12.8. The van der Waals surface area contributed by atoms with Crippen molar-refractivity contribution in [2.24, 2.45) is 0 Å². The molecule has 0 aliphatic heterocycles. The lowest BCUT2D eigenvalue weighted by molar-refractivity contribution is 0.0950. The first kappa shape index (κ1) is 25.4. The Labute approximate surface area is 180 Å². The molecule has 30 heavy (non-hydrogen) atoms. The van der Waals surface area contributed by atoms with Gasteiger partial charge in [-0.1, -0.05) is 59.7 Å². The Hall–Kier alpha value is -2.66. The van der Waals surface area contributed by atoms with Crippen LogP contribution in [-0.2, 0) is 0 Å². The zero-order valence-electron chi connectivity index (χ0n) is 19.6. The van der Waals surface area contributed by atoms with Crippen molar-refractivity contribution in [1.29, 1.82) is 0 Å². The van der Waals surface area contributed by atoms with E-state index in [1.54, 1.807) is 12.1 Å². The maximum Gasteiger partial charge on any atom is 0.253 e. The number of hydrogen-bond donors (Lipinski definition) is 2. The van der Waals surface area contributed by atoms with Crippen molar-refractivity contribution in [3.8, 4) is 0 Å². The minimum absolute atomic E-state index is 0.0495. The molecule has 0 bridgehead atoms. The molecule has 1 amide bonds. The van der Waals surface area contributed by atoms with Gasteiger partial charge in [-0.05, 0) is 43.8 Å². The van der Waals surface area contributed by atoms with E-state index in [2.05, 4.69) is 29.0 Å². The Morgan fingerprint density at radius 3 is 2.23 bits per heavy atom. The molecule has 0 saturated heterocycles. The summed E-state index contributed by atoms with van der Waals surface area (Å²) < 4.78 is 0. The third-order valence-electron chi connectivity index (χ3n) is 4.92. The number of benzene rings is 2. The molecule has 0 fully saturated rings. The Bertz CT molecular complexity index is 1000. The number of aryl methyl sites for hydroxylation is 1. The number of likely N-dealkylation sites (N-methyl/N-ethyl adjacent to an activating group) is 1. The van der Waals surface area contributed by atoms with Crippen LogP contribution in [0.5, 0.6) is 0 Å². The van der Waals surface area contributed by atoms with Crippen LogP contribution in [0.25, 0.3) is 21.8 Å². The quantitative estimate of drug-likeness (QED) is 0.554. The number of para-hydroxylation sites is 1. The number of aromatic nitrogens is 1. The summed E-state index contributed by atoms with van der Waals surface area (Å²) in [6.07, 6.45) is 0. The second-order valence-electron chi connectivity index (χ2n) is 6.46. The summed E-state index contributed by atoms with van der Waals surface area (Å²) >= 11 is 0. The highest BCUT2D eigenvalue weighted by Gasteiger charge is 2.16. The van der Waals surface area contributed by atoms with Crippen LogP contribution < -0.4 is 10.7 Å². The Morgan fingerprint density at radius 2 is 1.60 bits per heavy atom. The van der Waals surface area contributed by atoms with Crippen LogP contribution in [0.15, 0.2) is 41.2 Å². The lowest BCUT2D eigenvalue weighted by Gasteiger charge is -2.18. The molecular weight excluding hydrogens is 374 g/mol. The van der Waals surface area contributed by atoms with E-state index in [4.69, 9.17) is 0 Å². The second kappa shape index (κ2) is 12.8. The summed E-state index contributed by atoms with van der Waals surface area (Å²) in [5.41, 5.74) is 2.70. The van der Waals surface area contributed by atoms with Crippen molar-refractivity contribution < 1.29 is 4.79 Å². The molecule has 164 valence electrons. The average molecular weight is 412 g/mol. The summed E-state index contributed by atoms with van der Waals surface area (Å²) in [6.45, 7) is 17.4. The fourth-order valence-corrected chi connectivity index (χ4v) is 3.34. The van der Waals surface area contributed by atoms with Gasteiger partial charge in [0.1, 0.15) is 0 Å². The molecule has 2 N–H and O–H groups in total. The number of amides is 1. The molecule has 3 rings (SSSR count). The van der Waals surface area contributed by atoms with E-state index < -0.39 is 0 Å². The van der Waals surface area contributed by atoms with Crippen molar-refractivity contribution in [3.63, 3.8) is 0 Å². The molecule has 0 atom stereocenters. The van der Waals surface area contributed by atoms with Crippen molar-refractivity contribution in [2.45, 2.75) is 48.5 Å². The molecule has 0 aliphatic carbocycles. The molecule has 1 aromatic heterocycles. The van der Waals surface area contributed by atoms with Gasteiger partial charge in [0.05, 0.1) is 11.1 Å². The van der Waals surface area contributed by atoms with Crippen LogP contribution in [0.1, 0.15) is 57.5 Å². The SMILES string of the molecule is CC.CC.CCN(CC)CCNC(=O)c1c(C)ccc2c(=O)c3ccccc3[nH]c12. The van der Waals surface area contributed by atoms with E-state index in [1.165, 1.54) is 0 Å². The smallest absolute Gasteiger partial charge is 0.253 e. The fraction of sp³-hybridized carbons (Fsp3) is 0.440. The standard InChI is InChI=1S/C21H25N3O2.2C2H6/c1-4-24(5-2)13-12-22-21(26)18-14(3)10-11-16-19(18)23-17-9-7-6-8-15(17)20(16)25;2*1-2/h6-11H,4-5,12-13H2,1-3H3,(H,22,26)(H,23,25);2*1-2H3. The summed E-state index contributed by atoms with van der Waals surface area (Å²) in [5, 5.41) is 4.18. The zero-order valence-corrected chi connectivity index (χ0v) is 19.6. The van der Waals surface area contributed by atoms with E-state index in [1.807, 2.05) is 58.9 Å². The van der Waals surface area contributed by atoms with Crippen LogP contribution in [0.2, 0.25) is 0 Å². The molecular formula is C25H37N3O2. The summed E-state index contributed by atoms with van der Waals surface area (Å²) in [7, 11) is 0. The van der Waals surface area contributed by atoms with E-state index >= 15 is 0 Å². The average Bonchev–Trinajstić information content (AvgIpc) is 2.79. The number of nitrogens with one attached hydrogen (secondary N) is 2. The summed E-state index contributed by atoms with van der Waals surface area (Å²) in [6, 6.07) is 11.0. The largest absolute Gasteiger partial charge is 0.354 e. The highest BCUT2D eigenvalue weighted by Crippen LogP contribution is 2.21. The molecule has 0 saturated carbocycles. The number of nitrogens with zero attached hydrogens (tertiary/aromatic N) is 1. The highest BCUT2D eigenvalue weighted by molar-refractivity contribution is 6.08. The molecule has 0 spiro atoms. The molecule has 3 aromatic rings. The number of aromatic amines is 1. The minimum atomic E-state index is -0.147. The third-order valence-corrected chi connectivity index (χ3v) is 4.92. The first-order valence-electron chi connectivity index (χ1n) is 11.1. The highest BCUT2D eigenvalue weighted by atomic mass is 16.1. The fourth-order valence-electron chi connectivity index (χ4n) is 3.34. The molecule has 1 heterocycles. The van der Waals surface area contributed by atoms with Crippen molar-refractivity contribution in [3.05, 3.63) is 57.7 Å². The van der Waals surface area contributed by atoms with Gasteiger partial charge in [-0.3, -0.25) is 9.59 Å². The van der Waals surface area contributed by atoms with E-state index in [9.17, 15) is 9.59 Å². The van der Waals surface area contributed by atoms with Gasteiger partial charge in [-0.15, -0.1) is 0 Å². The molecule has 0 unspecified atom stereocenters. The van der Waals surface area contributed by atoms with E-state index in [-0.39, 0.29) is 11.3 Å². The lowest BCUT2D eigenvalue weighted by atomic mass is 10.0. The predicted octanol–water partition coefficient (Wildman–Crippen LogP) is 5.11. The topological polar surface area (TPSA) is 65.2 Å². The Kier molecular flexibility index (Phi) is 10.8. The lowest BCUT2D eigenvalue weighted by Crippen LogP contribution is -2.35. The van der Waals surface area contributed by atoms with Crippen LogP contribution in [0, 0.1) is 6.92 Å². The van der Waals surface area contributed by atoms with Gasteiger partial charge in [0.2, 0.25) is 0 Å². The number of rotatable bonds is 6. The first-order valence-corrected chi connectivity index (χ1v) is 11.1. The van der Waals surface area contributed by atoms with Gasteiger partial charge in [-0.2, -0.15) is 0 Å². The number of carbonyl (C=O) groups is 1. The van der Waals surface area contributed by atoms with Gasteiger partial charge < -0.3 is 15.2 Å². The van der Waals surface area contributed by atoms with E-state index in [0.717, 1.165) is 30.7 Å². The van der Waals surface area contributed by atoms with Gasteiger partial charge in [-0.25, -0.2) is 0 Å². The Morgan fingerprint density at radius 1 is 0.967 bits per heavy atom. The molecule has 5 nitrogen and oxygen atoms in total. The molecule has 0 radical (unpaired) electrons. The first-order chi connectivity index (χ1) is 14.6. The van der Waals surface area contributed by atoms with Gasteiger partial charge >= 0.3 is 0 Å². The van der Waals surface area contributed by atoms with E-state index in [0.29, 0.717) is 28.4 Å². The summed E-state index contributed by atoms with van der Waals surface area (Å²) in [4.78, 5) is 31.2. The van der Waals surface area contributed by atoms with Gasteiger partial charge in [0.25, 0.3) is 5.91 Å². The van der Waals surface area contributed by atoms with Crippen molar-refractivity contribution >= 4 is 27.7 Å². The normalized spacial score (nSPS) is 10.3. The minimum Gasteiger partial charge on any atom is -0.354 e. The number of pyridine rings is 1. The Balaban J connectivity index is 0.00000106. The number of H-pyrrole nitrogens is 1. The molecule has 5 heteroatoms. The number of hydrogen-bond acceptors (Lipinski definition) is 3. The van der Waals surface area contributed by atoms with Crippen LogP contribution in [0.4, 0.5) is 0 Å². The molecule has 0 aliphatic rings. The van der Waals surface area contributed by atoms with Crippen LogP contribution >= 0.6 is 0 Å². The van der Waals surface area contributed by atoms with Crippen molar-refractivity contribution in [1.82, 2.24) is 15.2 Å². The number of fused-ring (bicyclic) bond motifs is 2.